The first-order chi connectivity index (χ1) is 10.1. The summed E-state index contributed by atoms with van der Waals surface area (Å²) in [5.74, 6) is -0.0566. The van der Waals surface area contributed by atoms with Crippen LogP contribution in [0.25, 0.3) is 5.65 Å². The van der Waals surface area contributed by atoms with Crippen LogP contribution >= 0.6 is 11.6 Å². The standard InChI is InChI=1S/C16H16ClN3O/c1-3-13-15(10(2)11-5-4-6-12(17)9-11)16(21)20-14(19-13)7-8-18-20/h4-10,18H,3H2,1-2H3. The number of aromatic amines is 1. The van der Waals surface area contributed by atoms with Crippen LogP contribution in [0.3, 0.4) is 0 Å². The lowest BCUT2D eigenvalue weighted by Crippen LogP contribution is -2.24. The molecule has 2 aromatic heterocycles. The van der Waals surface area contributed by atoms with E-state index in [1.165, 1.54) is 4.52 Å². The average molecular weight is 302 g/mol. The zero-order valence-corrected chi connectivity index (χ0v) is 12.7. The molecule has 1 N–H and O–H groups in total. The number of H-pyrrole nitrogens is 1. The molecule has 3 aromatic rings. The van der Waals surface area contributed by atoms with Crippen LogP contribution in [0.1, 0.15) is 36.6 Å². The van der Waals surface area contributed by atoms with Crippen molar-refractivity contribution in [2.45, 2.75) is 26.2 Å². The number of nitrogens with one attached hydrogen (secondary N) is 1. The SMILES string of the molecule is CCc1nc2cc[nH]n2c(=O)c1C(C)c1cccc(Cl)c1. The van der Waals surface area contributed by atoms with Gasteiger partial charge in [0.25, 0.3) is 5.56 Å². The van der Waals surface area contributed by atoms with E-state index >= 15 is 0 Å². The predicted octanol–water partition coefficient (Wildman–Crippen LogP) is 3.39. The van der Waals surface area contributed by atoms with Crippen LogP contribution in [0.2, 0.25) is 5.02 Å². The van der Waals surface area contributed by atoms with Gasteiger partial charge in [-0.1, -0.05) is 37.6 Å². The van der Waals surface area contributed by atoms with Gasteiger partial charge in [0.2, 0.25) is 0 Å². The fraction of sp³-hybridized carbons (Fsp3) is 0.250. The number of hydrogen-bond acceptors (Lipinski definition) is 2. The van der Waals surface area contributed by atoms with E-state index in [1.54, 1.807) is 12.3 Å². The normalized spacial score (nSPS) is 12.7. The van der Waals surface area contributed by atoms with Crippen molar-refractivity contribution in [2.24, 2.45) is 0 Å². The first-order valence-electron chi connectivity index (χ1n) is 6.96. The van der Waals surface area contributed by atoms with Crippen molar-refractivity contribution in [3.63, 3.8) is 0 Å². The Balaban J connectivity index is 2.23. The number of aryl methyl sites for hydroxylation is 1. The summed E-state index contributed by atoms with van der Waals surface area (Å²) in [5, 5.41) is 3.59. The van der Waals surface area contributed by atoms with Gasteiger partial charge in [-0.05, 0) is 24.1 Å². The lowest BCUT2D eigenvalue weighted by atomic mass is 9.92. The fourth-order valence-electron chi connectivity index (χ4n) is 2.67. The van der Waals surface area contributed by atoms with E-state index in [2.05, 4.69) is 10.1 Å². The van der Waals surface area contributed by atoms with Gasteiger partial charge in [0.05, 0.1) is 5.69 Å². The maximum atomic E-state index is 12.7. The van der Waals surface area contributed by atoms with Crippen LogP contribution in [0, 0.1) is 0 Å². The number of hydrogen-bond donors (Lipinski definition) is 1. The molecule has 5 heteroatoms. The van der Waals surface area contributed by atoms with E-state index in [0.29, 0.717) is 10.7 Å². The molecule has 2 heterocycles. The van der Waals surface area contributed by atoms with E-state index < -0.39 is 0 Å². The molecule has 0 radical (unpaired) electrons. The molecule has 0 fully saturated rings. The number of fused-ring (bicyclic) bond motifs is 1. The lowest BCUT2D eigenvalue weighted by Gasteiger charge is -2.15. The molecular weight excluding hydrogens is 286 g/mol. The highest BCUT2D eigenvalue weighted by Gasteiger charge is 2.19. The molecule has 1 unspecified atom stereocenters. The molecule has 0 spiro atoms. The van der Waals surface area contributed by atoms with Crippen LogP contribution in [-0.2, 0) is 6.42 Å². The Kier molecular flexibility index (Phi) is 3.55. The summed E-state index contributed by atoms with van der Waals surface area (Å²) in [6.45, 7) is 4.03. The number of aromatic nitrogens is 3. The van der Waals surface area contributed by atoms with Crippen LogP contribution in [0.5, 0.6) is 0 Å². The first kappa shape index (κ1) is 13.9. The van der Waals surface area contributed by atoms with E-state index in [9.17, 15) is 4.79 Å². The van der Waals surface area contributed by atoms with Crippen molar-refractivity contribution in [3.8, 4) is 0 Å². The highest BCUT2D eigenvalue weighted by Crippen LogP contribution is 2.26. The second-order valence-electron chi connectivity index (χ2n) is 5.06. The van der Waals surface area contributed by atoms with Crippen molar-refractivity contribution in [3.05, 3.63) is 68.7 Å². The molecule has 0 aliphatic rings. The maximum Gasteiger partial charge on any atom is 0.276 e. The molecule has 21 heavy (non-hydrogen) atoms. The van der Waals surface area contributed by atoms with Crippen LogP contribution in [0.15, 0.2) is 41.3 Å². The molecule has 1 aromatic carbocycles. The summed E-state index contributed by atoms with van der Waals surface area (Å²) in [6.07, 6.45) is 2.44. The van der Waals surface area contributed by atoms with Gasteiger partial charge in [0.15, 0.2) is 5.65 Å². The molecule has 0 saturated heterocycles. The minimum absolute atomic E-state index is 0.0469. The summed E-state index contributed by atoms with van der Waals surface area (Å²) in [6, 6.07) is 9.41. The smallest absolute Gasteiger partial charge is 0.276 e. The van der Waals surface area contributed by atoms with E-state index in [4.69, 9.17) is 11.6 Å². The summed E-state index contributed by atoms with van der Waals surface area (Å²) in [4.78, 5) is 17.3. The number of rotatable bonds is 3. The van der Waals surface area contributed by atoms with Gasteiger partial charge in [-0.2, -0.15) is 0 Å². The second-order valence-corrected chi connectivity index (χ2v) is 5.50. The molecule has 0 aliphatic carbocycles. The van der Waals surface area contributed by atoms with Gasteiger partial charge in [-0.3, -0.25) is 9.89 Å². The second kappa shape index (κ2) is 5.37. The number of benzene rings is 1. The molecule has 108 valence electrons. The Morgan fingerprint density at radius 1 is 1.38 bits per heavy atom. The maximum absolute atomic E-state index is 12.7. The zero-order chi connectivity index (χ0) is 15.0. The largest absolute Gasteiger partial charge is 0.297 e. The van der Waals surface area contributed by atoms with Crippen molar-refractivity contribution < 1.29 is 0 Å². The van der Waals surface area contributed by atoms with Crippen molar-refractivity contribution in [1.82, 2.24) is 14.6 Å². The van der Waals surface area contributed by atoms with Crippen molar-refractivity contribution in [1.29, 1.82) is 0 Å². The number of halogens is 1. The molecule has 0 saturated carbocycles. The molecule has 0 aliphatic heterocycles. The molecule has 3 rings (SSSR count). The predicted molar refractivity (Wildman–Crippen MR) is 84.2 cm³/mol. The van der Waals surface area contributed by atoms with Crippen LogP contribution < -0.4 is 5.56 Å². The van der Waals surface area contributed by atoms with Crippen LogP contribution in [-0.4, -0.2) is 14.6 Å². The van der Waals surface area contributed by atoms with E-state index in [1.807, 2.05) is 38.1 Å². The topological polar surface area (TPSA) is 50.2 Å². The fourth-order valence-corrected chi connectivity index (χ4v) is 2.87. The highest BCUT2D eigenvalue weighted by atomic mass is 35.5. The van der Waals surface area contributed by atoms with Gasteiger partial charge >= 0.3 is 0 Å². The molecular formula is C16H16ClN3O. The monoisotopic (exact) mass is 301 g/mol. The Bertz CT molecular complexity index is 850. The molecule has 0 amide bonds. The van der Waals surface area contributed by atoms with Crippen molar-refractivity contribution in [2.75, 3.05) is 0 Å². The zero-order valence-electron chi connectivity index (χ0n) is 11.9. The van der Waals surface area contributed by atoms with Gasteiger partial charge in [-0.15, -0.1) is 0 Å². The quantitative estimate of drug-likeness (QED) is 0.806. The average Bonchev–Trinajstić information content (AvgIpc) is 2.95. The molecule has 0 bridgehead atoms. The third kappa shape index (κ3) is 2.36. The van der Waals surface area contributed by atoms with Gasteiger partial charge in [0.1, 0.15) is 0 Å². The summed E-state index contributed by atoms with van der Waals surface area (Å²) < 4.78 is 1.48. The van der Waals surface area contributed by atoms with E-state index in [0.717, 1.165) is 23.2 Å². The Hall–Kier alpha value is -2.07. The minimum Gasteiger partial charge on any atom is -0.297 e. The number of nitrogens with zero attached hydrogens (tertiary/aromatic N) is 2. The summed E-state index contributed by atoms with van der Waals surface area (Å²) in [5.41, 5.74) is 3.18. The molecule has 4 nitrogen and oxygen atoms in total. The minimum atomic E-state index is -0.0566. The lowest BCUT2D eigenvalue weighted by molar-refractivity contribution is 0.790. The van der Waals surface area contributed by atoms with E-state index in [-0.39, 0.29) is 11.5 Å². The Labute approximate surface area is 127 Å². The first-order valence-corrected chi connectivity index (χ1v) is 7.34. The Morgan fingerprint density at radius 3 is 2.90 bits per heavy atom. The van der Waals surface area contributed by atoms with Crippen LogP contribution in [0.4, 0.5) is 0 Å². The summed E-state index contributed by atoms with van der Waals surface area (Å²) in [7, 11) is 0. The third-order valence-corrected chi connectivity index (χ3v) is 4.01. The van der Waals surface area contributed by atoms with Gasteiger partial charge in [0, 0.05) is 28.8 Å². The molecule has 1 atom stereocenters. The third-order valence-electron chi connectivity index (χ3n) is 3.78. The van der Waals surface area contributed by atoms with Gasteiger partial charge in [-0.25, -0.2) is 9.50 Å². The highest BCUT2D eigenvalue weighted by molar-refractivity contribution is 6.30. The summed E-state index contributed by atoms with van der Waals surface area (Å²) >= 11 is 6.06. The van der Waals surface area contributed by atoms with Gasteiger partial charge < -0.3 is 0 Å². The van der Waals surface area contributed by atoms with Crippen molar-refractivity contribution >= 4 is 17.2 Å². The Morgan fingerprint density at radius 2 is 2.19 bits per heavy atom.